The van der Waals surface area contributed by atoms with Gasteiger partial charge in [0.1, 0.15) is 24.2 Å². The molecule has 0 rings (SSSR count). The third kappa shape index (κ3) is 36.2. The van der Waals surface area contributed by atoms with Gasteiger partial charge in [-0.3, -0.25) is 24.1 Å². The SMILES string of the molecule is CC(C)C(=O)CN.CCC.CCCC(=O)NCCC(=O)C(C)C.[B]OOCC(N)C(=O)NC(C)(C)CCOC(C)(C)C. The lowest BCUT2D eigenvalue weighted by Gasteiger charge is -2.29. The van der Waals surface area contributed by atoms with Gasteiger partial charge in [0.15, 0.2) is 0 Å². The van der Waals surface area contributed by atoms with Crippen molar-refractivity contribution >= 4 is 31.4 Å². The Morgan fingerprint density at radius 3 is 1.74 bits per heavy atom. The summed E-state index contributed by atoms with van der Waals surface area (Å²) in [6.45, 7) is 24.5. The zero-order chi connectivity index (χ0) is 33.9. The first-order valence-corrected chi connectivity index (χ1v) is 15.0. The van der Waals surface area contributed by atoms with E-state index < -0.39 is 11.6 Å². The number of ether oxygens (including phenoxy) is 1. The molecular weight excluding hydrogens is 539 g/mol. The second kappa shape index (κ2) is 27.9. The first-order valence-electron chi connectivity index (χ1n) is 15.0. The number of Topliss-reactive ketones (excluding diaryl/α,β-unsaturated/α-hetero) is 2. The lowest BCUT2D eigenvalue weighted by Crippen LogP contribution is -2.52. The van der Waals surface area contributed by atoms with Crippen molar-refractivity contribution < 1.29 is 33.6 Å². The molecule has 0 bridgehead atoms. The summed E-state index contributed by atoms with van der Waals surface area (Å²) in [5.41, 5.74) is 10.0. The van der Waals surface area contributed by atoms with Gasteiger partial charge in [-0.2, -0.15) is 0 Å². The van der Waals surface area contributed by atoms with E-state index in [1.54, 1.807) is 0 Å². The molecule has 0 aromatic rings. The van der Waals surface area contributed by atoms with Gasteiger partial charge in [-0.15, -0.1) is 0 Å². The maximum absolute atomic E-state index is 11.8. The van der Waals surface area contributed by atoms with E-state index in [1.807, 2.05) is 69.2 Å². The van der Waals surface area contributed by atoms with E-state index >= 15 is 0 Å². The van der Waals surface area contributed by atoms with Crippen molar-refractivity contribution in [1.29, 1.82) is 0 Å². The summed E-state index contributed by atoms with van der Waals surface area (Å²) in [4.78, 5) is 52.6. The van der Waals surface area contributed by atoms with E-state index in [9.17, 15) is 19.2 Å². The van der Waals surface area contributed by atoms with Crippen molar-refractivity contribution in [3.8, 4) is 0 Å². The van der Waals surface area contributed by atoms with Crippen LogP contribution in [0.2, 0.25) is 0 Å². The number of carbonyl (C=O) groups excluding carboxylic acids is 4. The summed E-state index contributed by atoms with van der Waals surface area (Å²) in [5.74, 6) is 0.224. The fraction of sp³-hybridized carbons (Fsp3) is 0.867. The van der Waals surface area contributed by atoms with Crippen molar-refractivity contribution in [3.63, 3.8) is 0 Å². The summed E-state index contributed by atoms with van der Waals surface area (Å²) in [5, 5.41) is 5.54. The molecule has 6 N–H and O–H groups in total. The van der Waals surface area contributed by atoms with Crippen molar-refractivity contribution in [2.75, 3.05) is 26.3 Å². The van der Waals surface area contributed by atoms with Crippen LogP contribution in [0.3, 0.4) is 0 Å². The maximum Gasteiger partial charge on any atom is 0.338 e. The van der Waals surface area contributed by atoms with Crippen LogP contribution in [0, 0.1) is 11.8 Å². The number of amides is 2. The monoisotopic (exact) mass is 602 g/mol. The van der Waals surface area contributed by atoms with Gasteiger partial charge < -0.3 is 31.6 Å². The average Bonchev–Trinajstić information content (AvgIpc) is 2.86. The average molecular weight is 603 g/mol. The van der Waals surface area contributed by atoms with Gasteiger partial charge in [-0.05, 0) is 47.5 Å². The molecule has 42 heavy (non-hydrogen) atoms. The van der Waals surface area contributed by atoms with Crippen LogP contribution in [0.5, 0.6) is 0 Å². The molecule has 0 aromatic carbocycles. The van der Waals surface area contributed by atoms with Crippen LogP contribution in [0.15, 0.2) is 0 Å². The summed E-state index contributed by atoms with van der Waals surface area (Å²) in [6, 6.07) is -0.827. The number of ketones is 2. The molecule has 0 saturated carbocycles. The van der Waals surface area contributed by atoms with E-state index in [2.05, 4.69) is 42.2 Å². The molecule has 2 amide bonds. The van der Waals surface area contributed by atoms with Crippen molar-refractivity contribution in [1.82, 2.24) is 10.6 Å². The van der Waals surface area contributed by atoms with Crippen LogP contribution in [0.4, 0.5) is 0 Å². The Kier molecular flexibility index (Phi) is 31.3. The standard InChI is InChI=1S/C12H25BN2O4.C10H19NO2.C5H11NO.C3H8/c1-11(2,3)17-7-6-12(4,5)15-10(16)9(14)8-18-19-13;1-4-5-10(13)11-7-6-9(12)8(2)3;1-4(2)5(7)3-6;1-3-2/h9H,6-8,14H2,1-5H3,(H,15,16);8H,4-7H2,1-3H3,(H,11,13);4H,3,6H2,1-2H3;3H2,1-2H3. The van der Waals surface area contributed by atoms with Crippen LogP contribution in [0.1, 0.15) is 115 Å². The van der Waals surface area contributed by atoms with Crippen LogP contribution in [-0.4, -0.2) is 74.9 Å². The van der Waals surface area contributed by atoms with Crippen LogP contribution in [-0.2, 0) is 33.6 Å². The van der Waals surface area contributed by atoms with Crippen molar-refractivity contribution in [3.05, 3.63) is 0 Å². The van der Waals surface area contributed by atoms with E-state index in [4.69, 9.17) is 16.2 Å². The third-order valence-electron chi connectivity index (χ3n) is 5.04. The molecule has 12 heteroatoms. The molecule has 1 unspecified atom stereocenters. The molecule has 0 aliphatic carbocycles. The molecule has 1 atom stereocenters. The number of carbonyl (C=O) groups is 4. The van der Waals surface area contributed by atoms with Crippen LogP contribution >= 0.6 is 0 Å². The molecular formula is C30H63BN4O7. The summed E-state index contributed by atoms with van der Waals surface area (Å²) in [6.07, 6.45) is 3.78. The van der Waals surface area contributed by atoms with Gasteiger partial charge in [0.25, 0.3) is 0 Å². The van der Waals surface area contributed by atoms with Crippen molar-refractivity contribution in [2.24, 2.45) is 23.3 Å². The van der Waals surface area contributed by atoms with E-state index in [0.717, 1.165) is 6.42 Å². The molecule has 0 fully saturated rings. The Labute approximate surface area is 257 Å². The maximum atomic E-state index is 11.8. The normalized spacial score (nSPS) is 11.6. The molecule has 0 aliphatic rings. The van der Waals surface area contributed by atoms with Crippen LogP contribution in [0.25, 0.3) is 0 Å². The molecule has 0 saturated heterocycles. The molecule has 0 spiro atoms. The van der Waals surface area contributed by atoms with E-state index in [-0.39, 0.29) is 54.0 Å². The summed E-state index contributed by atoms with van der Waals surface area (Å²) in [7, 11) is 4.68. The Morgan fingerprint density at radius 2 is 1.38 bits per heavy atom. The highest BCUT2D eigenvalue weighted by Crippen LogP contribution is 2.13. The quantitative estimate of drug-likeness (QED) is 0.117. The second-order valence-electron chi connectivity index (χ2n) is 12.1. The number of hydrogen-bond acceptors (Lipinski definition) is 9. The fourth-order valence-electron chi connectivity index (χ4n) is 2.45. The van der Waals surface area contributed by atoms with Gasteiger partial charge in [0.05, 0.1) is 12.1 Å². The van der Waals surface area contributed by atoms with Gasteiger partial charge in [0, 0.05) is 43.4 Å². The minimum Gasteiger partial charge on any atom is -0.376 e. The number of rotatable bonds is 16. The Balaban J connectivity index is -0.000000270. The van der Waals surface area contributed by atoms with Crippen molar-refractivity contribution in [2.45, 2.75) is 132 Å². The largest absolute Gasteiger partial charge is 0.376 e. The third-order valence-corrected chi connectivity index (χ3v) is 5.04. The Morgan fingerprint density at radius 1 is 0.881 bits per heavy atom. The van der Waals surface area contributed by atoms with Crippen LogP contribution < -0.4 is 22.1 Å². The zero-order valence-corrected chi connectivity index (χ0v) is 28.7. The summed E-state index contributed by atoms with van der Waals surface area (Å²) < 4.78 is 5.63. The molecule has 248 valence electrons. The van der Waals surface area contributed by atoms with Gasteiger partial charge in [-0.25, -0.2) is 0 Å². The first-order chi connectivity index (χ1) is 19.2. The van der Waals surface area contributed by atoms with Gasteiger partial charge in [-0.1, -0.05) is 54.9 Å². The highest BCUT2D eigenvalue weighted by atomic mass is 17.2. The summed E-state index contributed by atoms with van der Waals surface area (Å²) >= 11 is 0. The number of nitrogens with one attached hydrogen (secondary N) is 2. The lowest BCUT2D eigenvalue weighted by atomic mass is 10.0. The molecule has 0 aromatic heterocycles. The molecule has 0 heterocycles. The molecule has 2 radical (unpaired) electrons. The Hall–Kier alpha value is -1.86. The predicted octanol–water partition coefficient (Wildman–Crippen LogP) is 3.55. The topological polar surface area (TPSA) is 172 Å². The molecule has 11 nitrogen and oxygen atoms in total. The minimum atomic E-state index is -0.827. The Bertz CT molecular complexity index is 712. The van der Waals surface area contributed by atoms with E-state index in [1.165, 1.54) is 6.42 Å². The number of nitrogens with two attached hydrogens (primary N) is 2. The smallest absolute Gasteiger partial charge is 0.338 e. The fourth-order valence-corrected chi connectivity index (χ4v) is 2.45. The lowest BCUT2D eigenvalue weighted by molar-refractivity contribution is -0.207. The highest BCUT2D eigenvalue weighted by Gasteiger charge is 2.25. The highest BCUT2D eigenvalue weighted by molar-refractivity contribution is 5.97. The minimum absolute atomic E-state index is 0.0408. The van der Waals surface area contributed by atoms with Gasteiger partial charge in [0.2, 0.25) is 11.8 Å². The second-order valence-corrected chi connectivity index (χ2v) is 12.1. The zero-order valence-electron chi connectivity index (χ0n) is 28.7. The van der Waals surface area contributed by atoms with E-state index in [0.29, 0.717) is 32.4 Å². The van der Waals surface area contributed by atoms with Gasteiger partial charge >= 0.3 is 8.05 Å². The number of hydrogen-bond donors (Lipinski definition) is 4. The predicted molar refractivity (Wildman–Crippen MR) is 171 cm³/mol. The molecule has 0 aliphatic heterocycles. The first kappa shape index (κ1) is 47.1.